The highest BCUT2D eigenvalue weighted by molar-refractivity contribution is 7.89. The summed E-state index contributed by atoms with van der Waals surface area (Å²) in [4.78, 5) is 24.1. The Morgan fingerprint density at radius 2 is 1.92 bits per heavy atom. The van der Waals surface area contributed by atoms with Crippen molar-refractivity contribution in [1.29, 1.82) is 0 Å². The zero-order chi connectivity index (χ0) is 19.3. The van der Waals surface area contributed by atoms with E-state index in [-0.39, 0.29) is 29.0 Å². The van der Waals surface area contributed by atoms with E-state index in [0.29, 0.717) is 5.76 Å². The molecule has 8 nitrogen and oxygen atoms in total. The van der Waals surface area contributed by atoms with E-state index in [1.165, 1.54) is 44.6 Å². The Labute approximate surface area is 152 Å². The summed E-state index contributed by atoms with van der Waals surface area (Å²) < 4.78 is 30.5. The average Bonchev–Trinajstić information content (AvgIpc) is 3.14. The molecule has 0 fully saturated rings. The van der Waals surface area contributed by atoms with Crippen molar-refractivity contribution in [2.24, 2.45) is 0 Å². The maximum Gasteiger partial charge on any atom is 0.251 e. The minimum Gasteiger partial charge on any atom is -0.467 e. The van der Waals surface area contributed by atoms with Crippen molar-refractivity contribution in [3.8, 4) is 0 Å². The summed E-state index contributed by atoms with van der Waals surface area (Å²) in [6, 6.07) is 8.76. The van der Waals surface area contributed by atoms with E-state index < -0.39 is 15.9 Å². The molecule has 2 rings (SSSR count). The van der Waals surface area contributed by atoms with Crippen LogP contribution in [0.25, 0.3) is 0 Å². The first-order valence-corrected chi connectivity index (χ1v) is 9.29. The number of carbonyl (C=O) groups excluding carboxylic acids is 2. The highest BCUT2D eigenvalue weighted by Crippen LogP contribution is 2.15. The van der Waals surface area contributed by atoms with Gasteiger partial charge < -0.3 is 15.1 Å². The molecule has 0 aliphatic rings. The Bertz CT molecular complexity index is 876. The fraction of sp³-hybridized carbons (Fsp3) is 0.294. The molecule has 2 aromatic rings. The molecule has 0 aliphatic carbocycles. The molecule has 2 N–H and O–H groups in total. The first-order valence-electron chi connectivity index (χ1n) is 7.85. The topological polar surface area (TPSA) is 109 Å². The lowest BCUT2D eigenvalue weighted by atomic mass is 10.2. The molecule has 1 aromatic heterocycles. The largest absolute Gasteiger partial charge is 0.467 e. The first kappa shape index (κ1) is 19.7. The molecule has 140 valence electrons. The number of hydrogen-bond acceptors (Lipinski definition) is 5. The van der Waals surface area contributed by atoms with Gasteiger partial charge in [-0.15, -0.1) is 0 Å². The van der Waals surface area contributed by atoms with Crippen LogP contribution in [0.5, 0.6) is 0 Å². The molecule has 1 heterocycles. The van der Waals surface area contributed by atoms with Gasteiger partial charge in [-0.05, 0) is 37.3 Å². The van der Waals surface area contributed by atoms with E-state index in [0.717, 1.165) is 4.31 Å². The lowest BCUT2D eigenvalue weighted by molar-refractivity contribution is -0.120. The zero-order valence-electron chi connectivity index (χ0n) is 14.7. The van der Waals surface area contributed by atoms with Crippen LogP contribution in [-0.4, -0.2) is 45.2 Å². The summed E-state index contributed by atoms with van der Waals surface area (Å²) in [5.74, 6) is -0.327. The molecule has 0 saturated heterocycles. The van der Waals surface area contributed by atoms with Gasteiger partial charge in [0.05, 0.1) is 23.7 Å². The smallest absolute Gasteiger partial charge is 0.251 e. The van der Waals surface area contributed by atoms with E-state index >= 15 is 0 Å². The van der Waals surface area contributed by atoms with Crippen LogP contribution in [-0.2, 0) is 14.8 Å². The van der Waals surface area contributed by atoms with Crippen LogP contribution in [0, 0.1) is 0 Å². The third kappa shape index (κ3) is 4.70. The van der Waals surface area contributed by atoms with Gasteiger partial charge in [0.25, 0.3) is 5.91 Å². The third-order valence-corrected chi connectivity index (χ3v) is 5.44. The zero-order valence-corrected chi connectivity index (χ0v) is 15.5. The molecule has 26 heavy (non-hydrogen) atoms. The monoisotopic (exact) mass is 379 g/mol. The van der Waals surface area contributed by atoms with Gasteiger partial charge in [-0.3, -0.25) is 9.59 Å². The van der Waals surface area contributed by atoms with Crippen LogP contribution in [0.1, 0.15) is 29.1 Å². The van der Waals surface area contributed by atoms with E-state index in [1.807, 2.05) is 0 Å². The Morgan fingerprint density at radius 1 is 1.19 bits per heavy atom. The predicted octanol–water partition coefficient (Wildman–Crippen LogP) is 1.14. The summed E-state index contributed by atoms with van der Waals surface area (Å²) in [6.07, 6.45) is 1.51. The molecule has 1 aromatic carbocycles. The van der Waals surface area contributed by atoms with Crippen LogP contribution < -0.4 is 10.6 Å². The highest BCUT2D eigenvalue weighted by atomic mass is 32.2. The van der Waals surface area contributed by atoms with Crippen molar-refractivity contribution >= 4 is 21.8 Å². The number of carbonyl (C=O) groups is 2. The molecule has 0 radical (unpaired) electrons. The standard InChI is InChI=1S/C17H21N3O5S/c1-12(15-8-5-9-25-15)19-16(21)11-18-17(22)13-6-4-7-14(10-13)26(23,24)20(2)3/h4-10,12H,11H2,1-3H3,(H,18,22)(H,19,21). The second-order valence-electron chi connectivity index (χ2n) is 5.80. The third-order valence-electron chi connectivity index (χ3n) is 3.63. The minimum atomic E-state index is -3.64. The van der Waals surface area contributed by atoms with Crippen molar-refractivity contribution in [2.75, 3.05) is 20.6 Å². The Hall–Kier alpha value is -2.65. The van der Waals surface area contributed by atoms with Gasteiger partial charge in [0.2, 0.25) is 15.9 Å². The molecule has 1 atom stereocenters. The minimum absolute atomic E-state index is 0.00560. The second kappa shape index (κ2) is 8.15. The average molecular weight is 379 g/mol. The molecule has 2 amide bonds. The van der Waals surface area contributed by atoms with Crippen LogP contribution in [0.2, 0.25) is 0 Å². The SMILES string of the molecule is CC(NC(=O)CNC(=O)c1cccc(S(=O)(=O)N(C)C)c1)c1ccco1. The molecule has 0 spiro atoms. The number of nitrogens with zero attached hydrogens (tertiary/aromatic N) is 1. The van der Waals surface area contributed by atoms with Gasteiger partial charge in [0, 0.05) is 19.7 Å². The van der Waals surface area contributed by atoms with E-state index in [4.69, 9.17) is 4.42 Å². The Balaban J connectivity index is 1.97. The quantitative estimate of drug-likeness (QED) is 0.750. The fourth-order valence-electron chi connectivity index (χ4n) is 2.17. The van der Waals surface area contributed by atoms with Crippen molar-refractivity contribution in [3.05, 3.63) is 54.0 Å². The number of furan rings is 1. The summed E-state index contributed by atoms with van der Waals surface area (Å²) in [6.45, 7) is 1.52. The van der Waals surface area contributed by atoms with Crippen LogP contribution >= 0.6 is 0 Å². The summed E-state index contributed by atoms with van der Waals surface area (Å²) in [5, 5.41) is 5.16. The maximum absolute atomic E-state index is 12.2. The fourth-order valence-corrected chi connectivity index (χ4v) is 3.12. The molecular formula is C17H21N3O5S. The normalized spacial score (nSPS) is 12.6. The van der Waals surface area contributed by atoms with E-state index in [1.54, 1.807) is 19.1 Å². The number of rotatable bonds is 7. The molecule has 0 saturated carbocycles. The predicted molar refractivity (Wildman–Crippen MR) is 94.9 cm³/mol. The number of sulfonamides is 1. The number of nitrogens with one attached hydrogen (secondary N) is 2. The number of benzene rings is 1. The van der Waals surface area contributed by atoms with Gasteiger partial charge in [-0.25, -0.2) is 12.7 Å². The van der Waals surface area contributed by atoms with Gasteiger partial charge in [0.15, 0.2) is 0 Å². The molecule has 1 unspecified atom stereocenters. The number of hydrogen-bond donors (Lipinski definition) is 2. The van der Waals surface area contributed by atoms with Gasteiger partial charge >= 0.3 is 0 Å². The first-order chi connectivity index (χ1) is 12.2. The van der Waals surface area contributed by atoms with E-state index in [9.17, 15) is 18.0 Å². The van der Waals surface area contributed by atoms with Crippen molar-refractivity contribution in [3.63, 3.8) is 0 Å². The maximum atomic E-state index is 12.2. The molecule has 0 bridgehead atoms. The Morgan fingerprint density at radius 3 is 2.54 bits per heavy atom. The van der Waals surface area contributed by atoms with Crippen molar-refractivity contribution in [1.82, 2.24) is 14.9 Å². The summed E-state index contributed by atoms with van der Waals surface area (Å²) in [5.41, 5.74) is 0.153. The second-order valence-corrected chi connectivity index (χ2v) is 7.95. The lowest BCUT2D eigenvalue weighted by Crippen LogP contribution is -2.38. The molecule has 9 heteroatoms. The van der Waals surface area contributed by atoms with Crippen LogP contribution in [0.4, 0.5) is 0 Å². The van der Waals surface area contributed by atoms with Crippen molar-refractivity contribution < 1.29 is 22.4 Å². The molecule has 0 aliphatic heterocycles. The summed E-state index contributed by atoms with van der Waals surface area (Å²) >= 11 is 0. The number of amides is 2. The lowest BCUT2D eigenvalue weighted by Gasteiger charge is -2.13. The highest BCUT2D eigenvalue weighted by Gasteiger charge is 2.19. The van der Waals surface area contributed by atoms with Gasteiger partial charge in [-0.1, -0.05) is 6.07 Å². The van der Waals surface area contributed by atoms with E-state index in [2.05, 4.69) is 10.6 Å². The van der Waals surface area contributed by atoms with Crippen LogP contribution in [0.15, 0.2) is 52.0 Å². The van der Waals surface area contributed by atoms with Gasteiger partial charge in [-0.2, -0.15) is 0 Å². The van der Waals surface area contributed by atoms with Crippen molar-refractivity contribution in [2.45, 2.75) is 17.9 Å². The summed E-state index contributed by atoms with van der Waals surface area (Å²) in [7, 11) is -0.823. The molecular weight excluding hydrogens is 358 g/mol. The van der Waals surface area contributed by atoms with Crippen LogP contribution in [0.3, 0.4) is 0 Å². The van der Waals surface area contributed by atoms with Gasteiger partial charge in [0.1, 0.15) is 5.76 Å². The Kier molecular flexibility index (Phi) is 6.17.